The third kappa shape index (κ3) is 1.16. The van der Waals surface area contributed by atoms with Crippen molar-refractivity contribution in [2.75, 3.05) is 7.05 Å². The lowest BCUT2D eigenvalue weighted by molar-refractivity contribution is -0.000626. The topological polar surface area (TPSA) is 76.4 Å². The molecule has 1 aliphatic heterocycles. The van der Waals surface area contributed by atoms with Crippen LogP contribution in [0.15, 0.2) is 0 Å². The van der Waals surface area contributed by atoms with Gasteiger partial charge in [-0.1, -0.05) is 0 Å². The van der Waals surface area contributed by atoms with Crippen molar-refractivity contribution in [3.8, 4) is 0 Å². The minimum Gasteiger partial charge on any atom is -0.370 e. The van der Waals surface area contributed by atoms with Gasteiger partial charge in [0, 0.05) is 7.05 Å². The summed E-state index contributed by atoms with van der Waals surface area (Å²) in [6, 6.07) is -0.670. The highest BCUT2D eigenvalue weighted by Crippen LogP contribution is 2.09. The van der Waals surface area contributed by atoms with Crippen LogP contribution in [0.1, 0.15) is 0 Å². The van der Waals surface area contributed by atoms with Gasteiger partial charge in [-0.2, -0.15) is 0 Å². The minimum absolute atomic E-state index is 0.597. The molecule has 1 heterocycles. The van der Waals surface area contributed by atoms with Crippen molar-refractivity contribution in [1.82, 2.24) is 10.2 Å². The van der Waals surface area contributed by atoms with Crippen LogP contribution < -0.4 is 5.32 Å². The summed E-state index contributed by atoms with van der Waals surface area (Å²) < 4.78 is 12.7. The highest BCUT2D eigenvalue weighted by Gasteiger charge is 2.35. The molecule has 0 spiro atoms. The Bertz CT molecular complexity index is 188. The fourth-order valence-electron chi connectivity index (χ4n) is 0.738. The number of aliphatic hydroxyl groups excluding tert-OH is 1. The van der Waals surface area contributed by atoms with Crippen LogP contribution in [-0.2, 0) is 0 Å². The molecule has 1 fully saturated rings. The maximum absolute atomic E-state index is 12.7. The molecule has 3 N–H and O–H groups in total. The van der Waals surface area contributed by atoms with Gasteiger partial charge in [0.2, 0.25) is 6.17 Å². The zero-order valence-corrected chi connectivity index (χ0v) is 5.84. The lowest BCUT2D eigenvalue weighted by atomic mass is 10.2. The van der Waals surface area contributed by atoms with Crippen LogP contribution in [0.2, 0.25) is 0 Å². The van der Waals surface area contributed by atoms with Gasteiger partial charge in [0.15, 0.2) is 6.23 Å². The number of halogens is 1. The van der Waals surface area contributed by atoms with Gasteiger partial charge in [0.05, 0.1) is 0 Å². The van der Waals surface area contributed by atoms with Crippen molar-refractivity contribution in [1.29, 1.82) is 5.41 Å². The van der Waals surface area contributed by atoms with E-state index in [-0.39, 0.29) is 0 Å². The monoisotopic (exact) mass is 161 g/mol. The van der Waals surface area contributed by atoms with Crippen molar-refractivity contribution in [2.24, 2.45) is 0 Å². The summed E-state index contributed by atoms with van der Waals surface area (Å²) in [4.78, 5) is 11.5. The van der Waals surface area contributed by atoms with E-state index < -0.39 is 24.3 Å². The molecule has 0 saturated carbocycles. The van der Waals surface area contributed by atoms with Crippen LogP contribution in [0.25, 0.3) is 0 Å². The van der Waals surface area contributed by atoms with Crippen molar-refractivity contribution >= 4 is 11.9 Å². The van der Waals surface area contributed by atoms with E-state index in [1.54, 1.807) is 0 Å². The second-order valence-corrected chi connectivity index (χ2v) is 2.27. The van der Waals surface area contributed by atoms with Crippen molar-refractivity contribution in [2.45, 2.75) is 12.4 Å². The van der Waals surface area contributed by atoms with E-state index in [0.717, 1.165) is 4.90 Å². The van der Waals surface area contributed by atoms with E-state index in [2.05, 4.69) is 0 Å². The first-order chi connectivity index (χ1) is 5.04. The van der Waals surface area contributed by atoms with Crippen LogP contribution in [0.4, 0.5) is 9.18 Å². The van der Waals surface area contributed by atoms with Crippen molar-refractivity contribution in [3.05, 3.63) is 0 Å². The first-order valence-corrected chi connectivity index (χ1v) is 2.98. The maximum atomic E-state index is 12.7. The van der Waals surface area contributed by atoms with Crippen LogP contribution in [0, 0.1) is 5.41 Å². The van der Waals surface area contributed by atoms with Gasteiger partial charge in [-0.05, 0) is 0 Å². The highest BCUT2D eigenvalue weighted by molar-refractivity contribution is 6.00. The number of urea groups is 1. The predicted octanol–water partition coefficient (Wildman–Crippen LogP) is -0.725. The Morgan fingerprint density at radius 2 is 2.36 bits per heavy atom. The predicted molar refractivity (Wildman–Crippen MR) is 34.9 cm³/mol. The fourth-order valence-corrected chi connectivity index (χ4v) is 0.738. The molecule has 5 nitrogen and oxygen atoms in total. The molecule has 0 aliphatic carbocycles. The molecule has 11 heavy (non-hydrogen) atoms. The molecule has 1 saturated heterocycles. The summed E-state index contributed by atoms with van der Waals surface area (Å²) in [6.45, 7) is 0. The second kappa shape index (κ2) is 2.46. The molecule has 1 rings (SSSR count). The smallest absolute Gasteiger partial charge is 0.324 e. The quantitative estimate of drug-likeness (QED) is 0.438. The summed E-state index contributed by atoms with van der Waals surface area (Å²) in [7, 11) is 1.25. The van der Waals surface area contributed by atoms with E-state index in [9.17, 15) is 9.18 Å². The Labute approximate surface area is 62.3 Å². The van der Waals surface area contributed by atoms with E-state index in [4.69, 9.17) is 10.5 Å². The number of nitrogens with one attached hydrogen (secondary N) is 2. The van der Waals surface area contributed by atoms with E-state index in [0.29, 0.717) is 0 Å². The molecule has 0 radical (unpaired) electrons. The number of amidine groups is 1. The molecule has 0 aromatic carbocycles. The van der Waals surface area contributed by atoms with Gasteiger partial charge >= 0.3 is 6.03 Å². The Hall–Kier alpha value is -1.17. The van der Waals surface area contributed by atoms with Gasteiger partial charge in [-0.15, -0.1) is 0 Å². The highest BCUT2D eigenvalue weighted by atomic mass is 19.1. The number of hydrogen-bond donors (Lipinski definition) is 3. The number of aliphatic hydroxyl groups is 1. The van der Waals surface area contributed by atoms with E-state index >= 15 is 0 Å². The molecule has 6 heteroatoms. The molecular weight excluding hydrogens is 153 g/mol. The molecule has 0 aromatic heterocycles. The number of rotatable bonds is 0. The summed E-state index contributed by atoms with van der Waals surface area (Å²) in [5, 5.41) is 17.7. The summed E-state index contributed by atoms with van der Waals surface area (Å²) in [6.07, 6.45) is -3.38. The fraction of sp³-hybridized carbons (Fsp3) is 0.600. The molecule has 0 aromatic rings. The first kappa shape index (κ1) is 7.93. The third-order valence-electron chi connectivity index (χ3n) is 1.50. The Kier molecular flexibility index (Phi) is 1.77. The van der Waals surface area contributed by atoms with Gasteiger partial charge in [-0.25, -0.2) is 9.18 Å². The van der Waals surface area contributed by atoms with Crippen molar-refractivity contribution in [3.63, 3.8) is 0 Å². The lowest BCUT2D eigenvalue weighted by Gasteiger charge is -2.31. The number of nitrogens with zero attached hydrogens (tertiary/aromatic N) is 1. The second-order valence-electron chi connectivity index (χ2n) is 2.27. The average Bonchev–Trinajstić information content (AvgIpc) is 1.97. The number of amides is 2. The maximum Gasteiger partial charge on any atom is 0.324 e. The first-order valence-electron chi connectivity index (χ1n) is 2.98. The summed E-state index contributed by atoms with van der Waals surface area (Å²) >= 11 is 0. The summed E-state index contributed by atoms with van der Waals surface area (Å²) in [5.74, 6) is -0.597. The van der Waals surface area contributed by atoms with Gasteiger partial charge in [-0.3, -0.25) is 15.6 Å². The average molecular weight is 161 g/mol. The standard InChI is InChI=1S/C5H8FN3O2/c1-9-4(10)2(6)3(7)8-5(9)11/h2,4,10H,1H3,(H2,7,8,11)/t2-,4+/m0/s1. The van der Waals surface area contributed by atoms with Gasteiger partial charge < -0.3 is 5.11 Å². The minimum atomic E-state index is -1.84. The molecule has 0 bridgehead atoms. The van der Waals surface area contributed by atoms with Gasteiger partial charge in [0.25, 0.3) is 0 Å². The third-order valence-corrected chi connectivity index (χ3v) is 1.50. The zero-order chi connectivity index (χ0) is 8.59. The zero-order valence-electron chi connectivity index (χ0n) is 5.84. The Morgan fingerprint density at radius 1 is 1.82 bits per heavy atom. The molecule has 0 unspecified atom stereocenters. The lowest BCUT2D eigenvalue weighted by Crippen LogP contribution is -2.59. The normalized spacial score (nSPS) is 32.1. The number of carbonyl (C=O) groups excluding carboxylic acids is 1. The summed E-state index contributed by atoms with van der Waals surface area (Å²) in [5.41, 5.74) is 0. The molecule has 1 aliphatic rings. The molecule has 2 atom stereocenters. The van der Waals surface area contributed by atoms with E-state index in [1.807, 2.05) is 5.32 Å². The number of hydrogen-bond acceptors (Lipinski definition) is 3. The molecule has 62 valence electrons. The SMILES string of the molecule is CN1C(=O)NC(=N)[C@H](F)[C@H]1O. The van der Waals surface area contributed by atoms with E-state index in [1.165, 1.54) is 7.05 Å². The number of carbonyl (C=O) groups is 1. The Balaban J connectivity index is 2.78. The van der Waals surface area contributed by atoms with Crippen LogP contribution in [-0.4, -0.2) is 41.3 Å². The largest absolute Gasteiger partial charge is 0.370 e. The van der Waals surface area contributed by atoms with Crippen molar-refractivity contribution < 1.29 is 14.3 Å². The van der Waals surface area contributed by atoms with Crippen LogP contribution in [0.5, 0.6) is 0 Å². The Morgan fingerprint density at radius 3 is 2.91 bits per heavy atom. The van der Waals surface area contributed by atoms with Crippen LogP contribution in [0.3, 0.4) is 0 Å². The van der Waals surface area contributed by atoms with Gasteiger partial charge in [0.1, 0.15) is 5.84 Å². The molecule has 2 amide bonds. The van der Waals surface area contributed by atoms with Crippen LogP contribution >= 0.6 is 0 Å². The molecular formula is C5H8FN3O2. The number of alkyl halides is 1.